The number of hydrogen-bond acceptors (Lipinski definition) is 6. The standard InChI is InChI=1S/C19H18F3NO5S/c1-13-3-9-17(10-4-13)29(25,26)28-23-18(19(20,21)22)15-5-7-16(8-6-15)27-12-11-14(2)24/h3-10H,11-12H2,1-2H3/b23-18+. The minimum atomic E-state index is -4.96. The number of hydrogen-bond donors (Lipinski definition) is 0. The van der Waals surface area contributed by atoms with Crippen LogP contribution in [0.3, 0.4) is 0 Å². The highest BCUT2D eigenvalue weighted by atomic mass is 32.2. The summed E-state index contributed by atoms with van der Waals surface area (Å²) < 4.78 is 73.8. The van der Waals surface area contributed by atoms with Gasteiger partial charge in [-0.15, -0.1) is 0 Å². The second-order valence-corrected chi connectivity index (χ2v) is 7.63. The van der Waals surface area contributed by atoms with Gasteiger partial charge in [0, 0.05) is 12.0 Å². The summed E-state index contributed by atoms with van der Waals surface area (Å²) in [5.74, 6) is 0.171. The van der Waals surface area contributed by atoms with E-state index in [2.05, 4.69) is 9.44 Å². The molecular formula is C19H18F3NO5S. The molecule has 2 aromatic rings. The number of Topliss-reactive ketones (excluding diaryl/α,β-unsaturated/α-hetero) is 1. The predicted molar refractivity (Wildman–Crippen MR) is 99.3 cm³/mol. The Balaban J connectivity index is 2.23. The molecule has 0 aliphatic heterocycles. The molecule has 0 aromatic heterocycles. The van der Waals surface area contributed by atoms with E-state index < -0.39 is 27.6 Å². The van der Waals surface area contributed by atoms with Crippen molar-refractivity contribution in [3.05, 3.63) is 59.7 Å². The van der Waals surface area contributed by atoms with Gasteiger partial charge >= 0.3 is 16.3 Å². The summed E-state index contributed by atoms with van der Waals surface area (Å²) in [6, 6.07) is 10.0. The Bertz CT molecular complexity index is 982. The van der Waals surface area contributed by atoms with Gasteiger partial charge in [0.2, 0.25) is 0 Å². The molecule has 0 aliphatic carbocycles. The van der Waals surface area contributed by atoms with Gasteiger partial charge in [0.05, 0.1) is 6.61 Å². The van der Waals surface area contributed by atoms with Gasteiger partial charge in [0.1, 0.15) is 16.4 Å². The van der Waals surface area contributed by atoms with Crippen LogP contribution in [-0.2, 0) is 19.2 Å². The Hall–Kier alpha value is -2.88. The van der Waals surface area contributed by atoms with Gasteiger partial charge in [0.25, 0.3) is 0 Å². The predicted octanol–water partition coefficient (Wildman–Crippen LogP) is 4.02. The number of carbonyl (C=O) groups is 1. The molecule has 0 saturated carbocycles. The normalized spacial score (nSPS) is 12.5. The SMILES string of the molecule is CC(=O)CCOc1ccc(/C(=N\OS(=O)(=O)c2ccc(C)cc2)C(F)(F)F)cc1. The van der Waals surface area contributed by atoms with E-state index in [1.54, 1.807) is 6.92 Å². The molecule has 29 heavy (non-hydrogen) atoms. The third kappa shape index (κ3) is 6.60. The fourth-order valence-electron chi connectivity index (χ4n) is 2.12. The van der Waals surface area contributed by atoms with Gasteiger partial charge in [-0.1, -0.05) is 22.9 Å². The number of ketones is 1. The highest BCUT2D eigenvalue weighted by Gasteiger charge is 2.38. The van der Waals surface area contributed by atoms with E-state index in [1.165, 1.54) is 43.3 Å². The molecule has 2 aromatic carbocycles. The quantitative estimate of drug-likeness (QED) is 0.468. The van der Waals surface area contributed by atoms with Gasteiger partial charge in [-0.2, -0.15) is 21.6 Å². The molecule has 10 heteroatoms. The summed E-state index contributed by atoms with van der Waals surface area (Å²) in [6.07, 6.45) is -4.79. The van der Waals surface area contributed by atoms with E-state index in [1.807, 2.05) is 0 Å². The van der Waals surface area contributed by atoms with Crippen molar-refractivity contribution in [2.24, 2.45) is 5.16 Å². The summed E-state index contributed by atoms with van der Waals surface area (Å²) in [4.78, 5) is 10.6. The van der Waals surface area contributed by atoms with Crippen LogP contribution in [0.4, 0.5) is 13.2 Å². The number of oxime groups is 1. The van der Waals surface area contributed by atoms with Crippen LogP contribution in [0.1, 0.15) is 24.5 Å². The number of alkyl halides is 3. The molecule has 0 N–H and O–H groups in total. The van der Waals surface area contributed by atoms with Crippen LogP contribution in [0, 0.1) is 6.92 Å². The van der Waals surface area contributed by atoms with E-state index >= 15 is 0 Å². The molecule has 6 nitrogen and oxygen atoms in total. The average Bonchev–Trinajstić information content (AvgIpc) is 2.62. The van der Waals surface area contributed by atoms with Gasteiger partial charge in [0.15, 0.2) is 5.71 Å². The molecule has 0 aliphatic rings. The zero-order chi connectivity index (χ0) is 21.7. The fraction of sp³-hybridized carbons (Fsp3) is 0.263. The Kier molecular flexibility index (Phi) is 7.02. The van der Waals surface area contributed by atoms with Crippen molar-refractivity contribution < 1.29 is 35.4 Å². The number of aryl methyl sites for hydroxylation is 1. The fourth-order valence-corrected chi connectivity index (χ4v) is 2.85. The largest absolute Gasteiger partial charge is 0.493 e. The minimum absolute atomic E-state index is 0.0833. The molecular weight excluding hydrogens is 411 g/mol. The molecule has 0 unspecified atom stereocenters. The third-order valence-corrected chi connectivity index (χ3v) is 4.78. The summed E-state index contributed by atoms with van der Waals surface area (Å²) in [5, 5.41) is 2.87. The first kappa shape index (κ1) is 22.4. The maximum Gasteiger partial charge on any atom is 0.437 e. The van der Waals surface area contributed by atoms with E-state index in [-0.39, 0.29) is 29.5 Å². The molecule has 0 atom stereocenters. The van der Waals surface area contributed by atoms with E-state index in [0.29, 0.717) is 0 Å². The lowest BCUT2D eigenvalue weighted by Crippen LogP contribution is -2.25. The molecule has 0 radical (unpaired) electrons. The summed E-state index contributed by atoms with van der Waals surface area (Å²) in [5.41, 5.74) is -1.15. The molecule has 0 amide bonds. The van der Waals surface area contributed by atoms with Crippen molar-refractivity contribution >= 4 is 21.6 Å². The molecule has 0 fully saturated rings. The smallest absolute Gasteiger partial charge is 0.437 e. The Labute approximate surface area is 166 Å². The number of carbonyl (C=O) groups excluding carboxylic acids is 1. The number of benzene rings is 2. The van der Waals surface area contributed by atoms with Gasteiger partial charge in [-0.3, -0.25) is 9.08 Å². The second kappa shape index (κ2) is 9.08. The topological polar surface area (TPSA) is 82.0 Å². The zero-order valence-electron chi connectivity index (χ0n) is 15.6. The van der Waals surface area contributed by atoms with Crippen LogP contribution in [0.15, 0.2) is 58.6 Å². The molecule has 2 rings (SSSR count). The van der Waals surface area contributed by atoms with Crippen molar-refractivity contribution in [2.75, 3.05) is 6.61 Å². The summed E-state index contributed by atoms with van der Waals surface area (Å²) in [6.45, 7) is 3.21. The van der Waals surface area contributed by atoms with E-state index in [9.17, 15) is 26.4 Å². The van der Waals surface area contributed by atoms with Crippen LogP contribution < -0.4 is 4.74 Å². The number of halogens is 3. The lowest BCUT2D eigenvalue weighted by molar-refractivity contribution is -0.117. The summed E-state index contributed by atoms with van der Waals surface area (Å²) >= 11 is 0. The second-order valence-electron chi connectivity index (χ2n) is 6.10. The zero-order valence-corrected chi connectivity index (χ0v) is 16.4. The average molecular weight is 429 g/mol. The first-order valence-electron chi connectivity index (χ1n) is 8.37. The highest BCUT2D eigenvalue weighted by molar-refractivity contribution is 7.86. The van der Waals surface area contributed by atoms with Crippen LogP contribution in [0.5, 0.6) is 5.75 Å². The molecule has 0 bridgehead atoms. The Morgan fingerprint density at radius 3 is 2.14 bits per heavy atom. The van der Waals surface area contributed by atoms with Crippen molar-refractivity contribution in [2.45, 2.75) is 31.3 Å². The van der Waals surface area contributed by atoms with Gasteiger partial charge < -0.3 is 4.74 Å². The van der Waals surface area contributed by atoms with Crippen molar-refractivity contribution in [3.63, 3.8) is 0 Å². The summed E-state index contributed by atoms with van der Waals surface area (Å²) in [7, 11) is -4.51. The first-order chi connectivity index (χ1) is 13.5. The maximum absolute atomic E-state index is 13.4. The first-order valence-corrected chi connectivity index (χ1v) is 9.78. The molecule has 0 heterocycles. The monoisotopic (exact) mass is 429 g/mol. The lowest BCUT2D eigenvalue weighted by Gasteiger charge is -2.11. The highest BCUT2D eigenvalue weighted by Crippen LogP contribution is 2.25. The van der Waals surface area contributed by atoms with Crippen LogP contribution in [0.2, 0.25) is 0 Å². The van der Waals surface area contributed by atoms with Crippen LogP contribution >= 0.6 is 0 Å². The van der Waals surface area contributed by atoms with Gasteiger partial charge in [-0.25, -0.2) is 0 Å². The number of ether oxygens (including phenoxy) is 1. The molecule has 0 saturated heterocycles. The Morgan fingerprint density at radius 1 is 1.03 bits per heavy atom. The van der Waals surface area contributed by atoms with Crippen molar-refractivity contribution in [3.8, 4) is 5.75 Å². The number of nitrogens with zero attached hydrogens (tertiary/aromatic N) is 1. The Morgan fingerprint density at radius 2 is 1.62 bits per heavy atom. The lowest BCUT2D eigenvalue weighted by atomic mass is 10.1. The maximum atomic E-state index is 13.4. The van der Waals surface area contributed by atoms with Crippen molar-refractivity contribution in [1.82, 2.24) is 0 Å². The van der Waals surface area contributed by atoms with E-state index in [0.717, 1.165) is 17.7 Å². The third-order valence-electron chi connectivity index (χ3n) is 3.66. The molecule has 156 valence electrons. The number of rotatable bonds is 8. The van der Waals surface area contributed by atoms with Gasteiger partial charge in [-0.05, 0) is 50.2 Å². The van der Waals surface area contributed by atoms with E-state index in [4.69, 9.17) is 4.74 Å². The molecule has 0 spiro atoms. The minimum Gasteiger partial charge on any atom is -0.493 e. The van der Waals surface area contributed by atoms with Crippen molar-refractivity contribution in [1.29, 1.82) is 0 Å². The van der Waals surface area contributed by atoms with Crippen LogP contribution in [0.25, 0.3) is 0 Å². The van der Waals surface area contributed by atoms with Crippen LogP contribution in [-0.4, -0.2) is 32.7 Å².